The molecule has 1 aromatic carbocycles. The summed E-state index contributed by atoms with van der Waals surface area (Å²) in [7, 11) is 1.74. The summed E-state index contributed by atoms with van der Waals surface area (Å²) < 4.78 is 4.59. The van der Waals surface area contributed by atoms with Crippen LogP contribution in [0, 0.1) is 0 Å². The van der Waals surface area contributed by atoms with E-state index in [0.29, 0.717) is 28.0 Å². The molecule has 2 N–H and O–H groups in total. The van der Waals surface area contributed by atoms with Gasteiger partial charge in [0.2, 0.25) is 11.3 Å². The van der Waals surface area contributed by atoms with Crippen molar-refractivity contribution in [3.05, 3.63) is 29.3 Å². The highest BCUT2D eigenvalue weighted by Crippen LogP contribution is 2.24. The fourth-order valence-electron chi connectivity index (χ4n) is 1.60. The highest BCUT2D eigenvalue weighted by Gasteiger charge is 2.11. The van der Waals surface area contributed by atoms with E-state index in [-0.39, 0.29) is 0 Å². The van der Waals surface area contributed by atoms with E-state index in [1.807, 2.05) is 12.1 Å². The van der Waals surface area contributed by atoms with Gasteiger partial charge in [0.05, 0.1) is 0 Å². The van der Waals surface area contributed by atoms with Gasteiger partial charge in [-0.15, -0.1) is 0 Å². The van der Waals surface area contributed by atoms with E-state index < -0.39 is 0 Å². The van der Waals surface area contributed by atoms with Crippen molar-refractivity contribution in [1.82, 2.24) is 20.3 Å². The first-order valence-corrected chi connectivity index (χ1v) is 5.85. The van der Waals surface area contributed by atoms with Gasteiger partial charge in [0.25, 0.3) is 0 Å². The Morgan fingerprint density at radius 2 is 1.84 bits per heavy atom. The van der Waals surface area contributed by atoms with E-state index in [1.54, 1.807) is 19.2 Å². The standard InChI is InChI=1S/C11H9ClN6O/c1-13-8-9(14-7-4-2-3-6(12)5-7)16-11-10(15-8)17-19-18-11/h2-5H,1H3,(H,13,15,17)(H,14,16,18). The SMILES string of the molecule is CNc1nc2nonc2nc1Nc1cccc(Cl)c1. The predicted molar refractivity (Wildman–Crippen MR) is 71.7 cm³/mol. The Morgan fingerprint density at radius 3 is 2.53 bits per heavy atom. The number of nitrogens with zero attached hydrogens (tertiary/aromatic N) is 4. The molecule has 2 heterocycles. The van der Waals surface area contributed by atoms with Gasteiger partial charge >= 0.3 is 0 Å². The lowest BCUT2D eigenvalue weighted by Gasteiger charge is -2.09. The van der Waals surface area contributed by atoms with Crippen LogP contribution >= 0.6 is 11.6 Å². The van der Waals surface area contributed by atoms with Crippen molar-refractivity contribution >= 4 is 40.2 Å². The summed E-state index contributed by atoms with van der Waals surface area (Å²) in [6, 6.07) is 7.29. The second-order valence-electron chi connectivity index (χ2n) is 3.72. The van der Waals surface area contributed by atoms with Crippen molar-refractivity contribution in [3.8, 4) is 0 Å². The van der Waals surface area contributed by atoms with Crippen LogP contribution in [0.2, 0.25) is 5.02 Å². The molecule has 0 bridgehead atoms. The van der Waals surface area contributed by atoms with Gasteiger partial charge in [0, 0.05) is 17.8 Å². The molecule has 3 rings (SSSR count). The number of nitrogens with one attached hydrogen (secondary N) is 2. The fraction of sp³-hybridized carbons (Fsp3) is 0.0909. The molecule has 19 heavy (non-hydrogen) atoms. The summed E-state index contributed by atoms with van der Waals surface area (Å²) >= 11 is 5.93. The van der Waals surface area contributed by atoms with Gasteiger partial charge in [-0.1, -0.05) is 17.7 Å². The molecule has 0 spiro atoms. The van der Waals surface area contributed by atoms with E-state index in [9.17, 15) is 0 Å². The third-order valence-electron chi connectivity index (χ3n) is 2.44. The summed E-state index contributed by atoms with van der Waals surface area (Å²) in [5, 5.41) is 14.0. The average Bonchev–Trinajstić information content (AvgIpc) is 2.85. The Kier molecular flexibility index (Phi) is 2.88. The first-order valence-electron chi connectivity index (χ1n) is 5.47. The maximum atomic E-state index is 5.93. The van der Waals surface area contributed by atoms with E-state index >= 15 is 0 Å². The third kappa shape index (κ3) is 2.27. The topological polar surface area (TPSA) is 88.8 Å². The molecular weight excluding hydrogens is 268 g/mol. The molecule has 7 nitrogen and oxygen atoms in total. The van der Waals surface area contributed by atoms with Crippen LogP contribution < -0.4 is 10.6 Å². The summed E-state index contributed by atoms with van der Waals surface area (Å²) in [6.07, 6.45) is 0. The number of hydrogen-bond acceptors (Lipinski definition) is 7. The predicted octanol–water partition coefficient (Wildman–Crippen LogP) is 2.45. The second-order valence-corrected chi connectivity index (χ2v) is 4.15. The molecule has 0 radical (unpaired) electrons. The Bertz CT molecular complexity index is 728. The zero-order chi connectivity index (χ0) is 13.2. The van der Waals surface area contributed by atoms with Gasteiger partial charge in [-0.2, -0.15) is 0 Å². The Balaban J connectivity index is 2.03. The third-order valence-corrected chi connectivity index (χ3v) is 2.67. The molecular formula is C11H9ClN6O. The van der Waals surface area contributed by atoms with Gasteiger partial charge in [-0.05, 0) is 28.5 Å². The molecule has 0 aliphatic carbocycles. The van der Waals surface area contributed by atoms with Crippen molar-refractivity contribution in [3.63, 3.8) is 0 Å². The van der Waals surface area contributed by atoms with E-state index in [2.05, 4.69) is 35.5 Å². The van der Waals surface area contributed by atoms with E-state index in [1.165, 1.54) is 0 Å². The summed E-state index contributed by atoms with van der Waals surface area (Å²) in [5.74, 6) is 1.07. The maximum absolute atomic E-state index is 5.93. The lowest BCUT2D eigenvalue weighted by Crippen LogP contribution is -2.02. The summed E-state index contributed by atoms with van der Waals surface area (Å²) in [4.78, 5) is 8.52. The first kappa shape index (κ1) is 11.7. The van der Waals surface area contributed by atoms with Gasteiger partial charge in [0.1, 0.15) is 0 Å². The lowest BCUT2D eigenvalue weighted by atomic mass is 10.3. The minimum atomic E-state index is 0.337. The van der Waals surface area contributed by atoms with Crippen LogP contribution in [0.25, 0.3) is 11.3 Å². The highest BCUT2D eigenvalue weighted by molar-refractivity contribution is 6.30. The minimum Gasteiger partial charge on any atom is -0.370 e. The summed E-state index contributed by atoms with van der Waals surface area (Å²) in [6.45, 7) is 0. The van der Waals surface area contributed by atoms with Crippen LogP contribution in [0.3, 0.4) is 0 Å². The van der Waals surface area contributed by atoms with Crippen molar-refractivity contribution in [2.75, 3.05) is 17.7 Å². The molecule has 0 saturated heterocycles. The number of anilines is 3. The maximum Gasteiger partial charge on any atom is 0.245 e. The van der Waals surface area contributed by atoms with E-state index in [0.717, 1.165) is 5.69 Å². The minimum absolute atomic E-state index is 0.337. The van der Waals surface area contributed by atoms with Gasteiger partial charge in [-0.25, -0.2) is 14.6 Å². The zero-order valence-corrected chi connectivity index (χ0v) is 10.6. The van der Waals surface area contributed by atoms with Crippen LogP contribution in [0.5, 0.6) is 0 Å². The van der Waals surface area contributed by atoms with Crippen LogP contribution in [0.1, 0.15) is 0 Å². The first-order chi connectivity index (χ1) is 9.26. The number of hydrogen-bond donors (Lipinski definition) is 2. The normalized spacial score (nSPS) is 10.6. The number of benzene rings is 1. The van der Waals surface area contributed by atoms with Gasteiger partial charge in [0.15, 0.2) is 11.6 Å². The molecule has 0 atom stereocenters. The molecule has 2 aromatic heterocycles. The fourth-order valence-corrected chi connectivity index (χ4v) is 1.79. The van der Waals surface area contributed by atoms with E-state index in [4.69, 9.17) is 11.6 Å². The largest absolute Gasteiger partial charge is 0.370 e. The molecule has 3 aromatic rings. The molecule has 0 saturated carbocycles. The van der Waals surface area contributed by atoms with Crippen molar-refractivity contribution < 1.29 is 4.63 Å². The Labute approximate surface area is 113 Å². The quantitative estimate of drug-likeness (QED) is 0.759. The molecule has 0 unspecified atom stereocenters. The lowest BCUT2D eigenvalue weighted by molar-refractivity contribution is 0.314. The molecule has 0 fully saturated rings. The number of fused-ring (bicyclic) bond motifs is 1. The smallest absolute Gasteiger partial charge is 0.245 e. The second kappa shape index (κ2) is 4.69. The monoisotopic (exact) mass is 276 g/mol. The van der Waals surface area contributed by atoms with Crippen LogP contribution in [-0.2, 0) is 0 Å². The summed E-state index contributed by atoms with van der Waals surface area (Å²) in [5.41, 5.74) is 1.48. The van der Waals surface area contributed by atoms with Crippen LogP contribution in [-0.4, -0.2) is 27.3 Å². The van der Waals surface area contributed by atoms with Crippen LogP contribution in [0.15, 0.2) is 28.9 Å². The number of aromatic nitrogens is 4. The Hall–Kier alpha value is -2.41. The molecule has 0 amide bonds. The van der Waals surface area contributed by atoms with Crippen molar-refractivity contribution in [1.29, 1.82) is 0 Å². The Morgan fingerprint density at radius 1 is 1.11 bits per heavy atom. The molecule has 0 aliphatic rings. The average molecular weight is 277 g/mol. The molecule has 96 valence electrons. The highest BCUT2D eigenvalue weighted by atomic mass is 35.5. The van der Waals surface area contributed by atoms with Crippen molar-refractivity contribution in [2.24, 2.45) is 0 Å². The number of rotatable bonds is 3. The van der Waals surface area contributed by atoms with Gasteiger partial charge in [-0.3, -0.25) is 0 Å². The molecule has 8 heteroatoms. The van der Waals surface area contributed by atoms with Crippen molar-refractivity contribution in [2.45, 2.75) is 0 Å². The van der Waals surface area contributed by atoms with Crippen LogP contribution in [0.4, 0.5) is 17.3 Å². The number of halogens is 1. The van der Waals surface area contributed by atoms with Gasteiger partial charge < -0.3 is 10.6 Å². The molecule has 0 aliphatic heterocycles. The zero-order valence-electron chi connectivity index (χ0n) is 9.88.